The van der Waals surface area contributed by atoms with Crippen molar-refractivity contribution in [2.75, 3.05) is 20.1 Å². The molecular weight excluding hydrogens is 310 g/mol. The zero-order valence-electron chi connectivity index (χ0n) is 10.5. The predicted molar refractivity (Wildman–Crippen MR) is 78.6 cm³/mol. The van der Waals surface area contributed by atoms with E-state index in [9.17, 15) is 0 Å². The van der Waals surface area contributed by atoms with E-state index in [1.54, 1.807) is 0 Å². The number of nitrogens with zero attached hydrogens (tertiary/aromatic N) is 1. The maximum atomic E-state index is 6.07. The summed E-state index contributed by atoms with van der Waals surface area (Å²) in [4.78, 5) is 3.63. The smallest absolute Gasteiger partial charge is 0.0770 e. The Labute approximate surface area is 121 Å². The highest BCUT2D eigenvalue weighted by atomic mass is 79.9. The van der Waals surface area contributed by atoms with Crippen LogP contribution in [0.15, 0.2) is 33.6 Å². The van der Waals surface area contributed by atoms with Gasteiger partial charge in [0.15, 0.2) is 0 Å². The summed E-state index contributed by atoms with van der Waals surface area (Å²) >= 11 is 4.99. The van der Waals surface area contributed by atoms with Gasteiger partial charge in [-0.25, -0.2) is 0 Å². The molecule has 0 bridgehead atoms. The van der Waals surface area contributed by atoms with Gasteiger partial charge in [-0.05, 0) is 50.1 Å². The number of benzene rings is 1. The van der Waals surface area contributed by atoms with Gasteiger partial charge in [0.2, 0.25) is 0 Å². The molecular formula is C14H18BrNOS. The molecule has 3 rings (SSSR count). The van der Waals surface area contributed by atoms with E-state index in [1.807, 2.05) is 0 Å². The van der Waals surface area contributed by atoms with E-state index in [0.717, 1.165) is 16.3 Å². The van der Waals surface area contributed by atoms with E-state index >= 15 is 0 Å². The van der Waals surface area contributed by atoms with Crippen molar-refractivity contribution in [3.63, 3.8) is 0 Å². The molecule has 3 unspecified atom stereocenters. The average Bonchev–Trinajstić information content (AvgIpc) is 2.88. The number of hydrogen-bond donors (Lipinski definition) is 0. The minimum absolute atomic E-state index is 0.439. The topological polar surface area (TPSA) is 12.5 Å². The van der Waals surface area contributed by atoms with E-state index in [1.165, 1.54) is 42.9 Å². The van der Waals surface area contributed by atoms with Crippen LogP contribution >= 0.6 is 28.0 Å². The van der Waals surface area contributed by atoms with E-state index < -0.39 is 0 Å². The van der Waals surface area contributed by atoms with Gasteiger partial charge in [0.25, 0.3) is 0 Å². The summed E-state index contributed by atoms with van der Waals surface area (Å²) < 4.78 is 7.18. The SMILES string of the molecule is CN1CC2CCC(OSc3ccc(Br)cc3)C2C1. The van der Waals surface area contributed by atoms with Crippen LogP contribution < -0.4 is 0 Å². The van der Waals surface area contributed by atoms with Crippen LogP contribution in [0.5, 0.6) is 0 Å². The van der Waals surface area contributed by atoms with Gasteiger partial charge in [-0.2, -0.15) is 0 Å². The Bertz CT molecular complexity index is 411. The molecule has 1 heterocycles. The maximum Gasteiger partial charge on any atom is 0.0770 e. The van der Waals surface area contributed by atoms with Crippen LogP contribution in [0.3, 0.4) is 0 Å². The highest BCUT2D eigenvalue weighted by Crippen LogP contribution is 2.41. The first-order valence-corrected chi connectivity index (χ1v) is 8.03. The van der Waals surface area contributed by atoms with E-state index in [-0.39, 0.29) is 0 Å². The normalized spacial score (nSPS) is 31.8. The van der Waals surface area contributed by atoms with Gasteiger partial charge in [0, 0.05) is 40.4 Å². The van der Waals surface area contributed by atoms with Crippen molar-refractivity contribution in [1.29, 1.82) is 0 Å². The van der Waals surface area contributed by atoms with Gasteiger partial charge in [0.1, 0.15) is 0 Å². The lowest BCUT2D eigenvalue weighted by Crippen LogP contribution is -2.22. The fraction of sp³-hybridized carbons (Fsp3) is 0.571. The molecule has 0 aromatic heterocycles. The highest BCUT2D eigenvalue weighted by Gasteiger charge is 2.42. The largest absolute Gasteiger partial charge is 0.307 e. The van der Waals surface area contributed by atoms with Gasteiger partial charge >= 0.3 is 0 Å². The molecule has 1 aromatic rings. The van der Waals surface area contributed by atoms with E-state index in [0.29, 0.717) is 6.10 Å². The summed E-state index contributed by atoms with van der Waals surface area (Å²) in [5.41, 5.74) is 0. The number of hydrogen-bond acceptors (Lipinski definition) is 3. The highest BCUT2D eigenvalue weighted by molar-refractivity contribution is 9.10. The lowest BCUT2D eigenvalue weighted by molar-refractivity contribution is 0.181. The zero-order chi connectivity index (χ0) is 12.5. The number of likely N-dealkylation sites (tertiary alicyclic amines) is 1. The fourth-order valence-corrected chi connectivity index (χ4v) is 4.15. The molecule has 0 amide bonds. The summed E-state index contributed by atoms with van der Waals surface area (Å²) in [7, 11) is 2.22. The Hall–Kier alpha value is -0.0300. The van der Waals surface area contributed by atoms with Crippen molar-refractivity contribution in [3.05, 3.63) is 28.7 Å². The van der Waals surface area contributed by atoms with Crippen molar-refractivity contribution in [2.24, 2.45) is 11.8 Å². The second kappa shape index (κ2) is 5.53. The van der Waals surface area contributed by atoms with Gasteiger partial charge in [-0.15, -0.1) is 0 Å². The molecule has 0 spiro atoms. The molecule has 4 heteroatoms. The molecule has 2 nitrogen and oxygen atoms in total. The number of halogens is 1. The average molecular weight is 328 g/mol. The number of fused-ring (bicyclic) bond motifs is 1. The van der Waals surface area contributed by atoms with Crippen LogP contribution in [0.25, 0.3) is 0 Å². The summed E-state index contributed by atoms with van der Waals surface area (Å²) in [5, 5.41) is 0. The van der Waals surface area contributed by atoms with Crippen molar-refractivity contribution in [1.82, 2.24) is 4.90 Å². The Morgan fingerprint density at radius 2 is 2.00 bits per heavy atom. The zero-order valence-corrected chi connectivity index (χ0v) is 12.9. The lowest BCUT2D eigenvalue weighted by Gasteiger charge is -2.18. The molecule has 1 aliphatic carbocycles. The maximum absolute atomic E-state index is 6.07. The van der Waals surface area contributed by atoms with Crippen molar-refractivity contribution in [2.45, 2.75) is 23.8 Å². The Morgan fingerprint density at radius 3 is 2.78 bits per heavy atom. The van der Waals surface area contributed by atoms with Gasteiger partial charge in [-0.1, -0.05) is 15.9 Å². The second-order valence-corrected chi connectivity index (χ2v) is 7.14. The van der Waals surface area contributed by atoms with Gasteiger partial charge in [-0.3, -0.25) is 0 Å². The van der Waals surface area contributed by atoms with Crippen LogP contribution in [-0.2, 0) is 4.18 Å². The van der Waals surface area contributed by atoms with Gasteiger partial charge < -0.3 is 9.08 Å². The molecule has 1 saturated heterocycles. The second-order valence-electron chi connectivity index (χ2n) is 5.39. The molecule has 3 atom stereocenters. The fourth-order valence-electron chi connectivity index (χ4n) is 3.17. The Balaban J connectivity index is 1.56. The molecule has 1 aliphatic heterocycles. The molecule has 0 N–H and O–H groups in total. The summed E-state index contributed by atoms with van der Waals surface area (Å²) in [6.07, 6.45) is 3.00. The minimum atomic E-state index is 0.439. The third-order valence-corrected chi connectivity index (χ3v) is 5.39. The third-order valence-electron chi connectivity index (χ3n) is 4.06. The monoisotopic (exact) mass is 327 g/mol. The predicted octanol–water partition coefficient (Wildman–Crippen LogP) is 3.81. The van der Waals surface area contributed by atoms with E-state index in [2.05, 4.69) is 52.1 Å². The summed E-state index contributed by atoms with van der Waals surface area (Å²) in [6, 6.07) is 8.32. The third kappa shape index (κ3) is 2.77. The quantitative estimate of drug-likeness (QED) is 0.783. The molecule has 18 heavy (non-hydrogen) atoms. The van der Waals surface area contributed by atoms with Crippen molar-refractivity contribution < 1.29 is 4.18 Å². The molecule has 2 fully saturated rings. The molecule has 2 aliphatic rings. The molecule has 1 aromatic carbocycles. The molecule has 98 valence electrons. The first kappa shape index (κ1) is 13.0. The molecule has 1 saturated carbocycles. The summed E-state index contributed by atoms with van der Waals surface area (Å²) in [5.74, 6) is 1.61. The van der Waals surface area contributed by atoms with Crippen molar-refractivity contribution in [3.8, 4) is 0 Å². The van der Waals surface area contributed by atoms with Crippen LogP contribution in [0.4, 0.5) is 0 Å². The summed E-state index contributed by atoms with van der Waals surface area (Å²) in [6.45, 7) is 2.46. The minimum Gasteiger partial charge on any atom is -0.307 e. The standard InChI is InChI=1S/C14H18BrNOS/c1-16-8-10-2-7-14(13(10)9-16)17-18-12-5-3-11(15)4-6-12/h3-6,10,13-14H,2,7-9H2,1H3. The van der Waals surface area contributed by atoms with Crippen LogP contribution in [0.2, 0.25) is 0 Å². The Kier molecular flexibility index (Phi) is 3.99. The number of rotatable bonds is 3. The van der Waals surface area contributed by atoms with Crippen LogP contribution in [0, 0.1) is 11.8 Å². The first-order chi connectivity index (χ1) is 8.72. The van der Waals surface area contributed by atoms with Gasteiger partial charge in [0.05, 0.1) is 6.10 Å². The van der Waals surface area contributed by atoms with Crippen LogP contribution in [-0.4, -0.2) is 31.1 Å². The molecule has 0 radical (unpaired) electrons. The first-order valence-electron chi connectivity index (χ1n) is 6.50. The van der Waals surface area contributed by atoms with Crippen molar-refractivity contribution >= 4 is 28.0 Å². The lowest BCUT2D eigenvalue weighted by atomic mass is 10.00. The van der Waals surface area contributed by atoms with Crippen LogP contribution in [0.1, 0.15) is 12.8 Å². The Morgan fingerprint density at radius 1 is 1.22 bits per heavy atom. The van der Waals surface area contributed by atoms with E-state index in [4.69, 9.17) is 4.18 Å².